The lowest BCUT2D eigenvalue weighted by molar-refractivity contribution is 0.332. The second-order valence-electron chi connectivity index (χ2n) is 25.2. The first-order valence-electron chi connectivity index (χ1n) is 24.8. The van der Waals surface area contributed by atoms with Gasteiger partial charge in [-0.1, -0.05) is 158 Å². The Morgan fingerprint density at radius 2 is 0.985 bits per heavy atom. The summed E-state index contributed by atoms with van der Waals surface area (Å²) in [6, 6.07) is 45.1. The first-order chi connectivity index (χ1) is 30.9. The van der Waals surface area contributed by atoms with Crippen molar-refractivity contribution in [2.24, 2.45) is 0 Å². The van der Waals surface area contributed by atoms with Gasteiger partial charge in [-0.25, -0.2) is 0 Å². The van der Waals surface area contributed by atoms with Crippen molar-refractivity contribution in [1.82, 2.24) is 0 Å². The van der Waals surface area contributed by atoms with E-state index in [2.05, 4.69) is 222 Å². The van der Waals surface area contributed by atoms with Crippen molar-refractivity contribution in [2.75, 3.05) is 9.80 Å². The highest BCUT2D eigenvalue weighted by Gasteiger charge is 2.49. The fourth-order valence-corrected chi connectivity index (χ4v) is 12.2. The van der Waals surface area contributed by atoms with Crippen LogP contribution in [-0.4, -0.2) is 6.71 Å². The van der Waals surface area contributed by atoms with E-state index in [1.807, 2.05) is 0 Å². The SMILES string of the molecule is CC(C)(C)c1ccc(N2c3ccc(C(C)(C)C)cc3B3c4c2cc(-c2ccccc2)cc4N(c2ccc4c(c2)C(C)(C)CCC4(C)C)c2oc4cc5c(cc4c23)C(C)(C)CCC5(C)C)cc1. The summed E-state index contributed by atoms with van der Waals surface area (Å²) < 4.78 is 7.60. The number of benzene rings is 6. The average molecular weight is 869 g/mol. The Bertz CT molecular complexity index is 3110. The summed E-state index contributed by atoms with van der Waals surface area (Å²) in [7, 11) is 0. The van der Waals surface area contributed by atoms with Crippen molar-refractivity contribution in [1.29, 1.82) is 0 Å². The monoisotopic (exact) mass is 869 g/mol. The van der Waals surface area contributed by atoms with Gasteiger partial charge in [-0.2, -0.15) is 0 Å². The molecular weight excluding hydrogens is 800 g/mol. The molecule has 0 fully saturated rings. The number of rotatable bonds is 3. The Labute approximate surface area is 395 Å². The molecule has 2 aliphatic carbocycles. The number of anilines is 6. The molecule has 0 amide bonds. The molecule has 4 aliphatic rings. The number of nitrogens with zero attached hydrogens (tertiary/aromatic N) is 2. The Morgan fingerprint density at radius 3 is 1.59 bits per heavy atom. The summed E-state index contributed by atoms with van der Waals surface area (Å²) in [5, 5.41) is 1.24. The molecule has 66 heavy (non-hydrogen) atoms. The van der Waals surface area contributed by atoms with Gasteiger partial charge in [-0.05, 0) is 168 Å². The van der Waals surface area contributed by atoms with E-state index in [9.17, 15) is 0 Å². The van der Waals surface area contributed by atoms with Gasteiger partial charge in [-0.15, -0.1) is 0 Å². The molecule has 0 unspecified atom stereocenters. The second kappa shape index (κ2) is 14.0. The third-order valence-electron chi connectivity index (χ3n) is 16.7. The van der Waals surface area contributed by atoms with Crippen molar-refractivity contribution in [3.63, 3.8) is 0 Å². The molecule has 336 valence electrons. The maximum Gasteiger partial charge on any atom is 0.257 e. The number of hydrogen-bond donors (Lipinski definition) is 0. The molecule has 11 rings (SSSR count). The summed E-state index contributed by atoms with van der Waals surface area (Å²) in [6.45, 7) is 33.4. The molecule has 1 aromatic heterocycles. The van der Waals surface area contributed by atoms with Crippen LogP contribution in [0.5, 0.6) is 0 Å². The molecule has 0 spiro atoms. The topological polar surface area (TPSA) is 19.6 Å². The van der Waals surface area contributed by atoms with Crippen LogP contribution in [0.3, 0.4) is 0 Å². The van der Waals surface area contributed by atoms with Crippen LogP contribution in [0.15, 0.2) is 120 Å². The lowest BCUT2D eigenvalue weighted by Crippen LogP contribution is -2.61. The molecule has 0 N–H and O–H groups in total. The van der Waals surface area contributed by atoms with Crippen LogP contribution in [-0.2, 0) is 32.5 Å². The highest BCUT2D eigenvalue weighted by molar-refractivity contribution is 7.01. The third kappa shape index (κ3) is 6.51. The van der Waals surface area contributed by atoms with E-state index in [0.29, 0.717) is 0 Å². The van der Waals surface area contributed by atoms with Gasteiger partial charge in [0.1, 0.15) is 5.58 Å². The minimum absolute atomic E-state index is 0.0374. The zero-order chi connectivity index (χ0) is 46.7. The van der Waals surface area contributed by atoms with Gasteiger partial charge in [0.25, 0.3) is 6.71 Å². The highest BCUT2D eigenvalue weighted by Crippen LogP contribution is 2.53. The Kier molecular flexibility index (Phi) is 9.17. The van der Waals surface area contributed by atoms with Crippen LogP contribution in [0, 0.1) is 0 Å². The third-order valence-corrected chi connectivity index (χ3v) is 16.7. The standard InChI is InChI=1S/C62H69BN2O/c1-57(2,3)40-20-23-42(24-21-40)64-50-27-22-41(58(4,5)6)34-49(50)63-54-44-36-47-48(62(13,14)31-30-61(47,11)12)37-53(44)66-56(54)65(43-25-26-45-46(35-43)60(9,10)29-28-59(45,7)8)52-33-39(32-51(64)55(52)63)38-18-16-15-17-19-38/h15-27,32-37H,28-31H2,1-14H3. The van der Waals surface area contributed by atoms with Gasteiger partial charge >= 0.3 is 0 Å². The highest BCUT2D eigenvalue weighted by atomic mass is 16.4. The molecular formula is C62H69BN2O. The summed E-state index contributed by atoms with van der Waals surface area (Å²) >= 11 is 0. The maximum atomic E-state index is 7.60. The van der Waals surface area contributed by atoms with Crippen molar-refractivity contribution >= 4 is 68.4 Å². The molecule has 0 atom stereocenters. The summed E-state index contributed by atoms with van der Waals surface area (Å²) in [4.78, 5) is 5.11. The Balaban J connectivity index is 1.29. The summed E-state index contributed by atoms with van der Waals surface area (Å²) in [6.07, 6.45) is 4.64. The quantitative estimate of drug-likeness (QED) is 0.165. The first kappa shape index (κ1) is 43.1. The molecule has 3 heterocycles. The Morgan fingerprint density at radius 1 is 0.455 bits per heavy atom. The zero-order valence-electron chi connectivity index (χ0n) is 42.2. The van der Waals surface area contributed by atoms with Gasteiger partial charge in [0, 0.05) is 39.3 Å². The fraction of sp³-hybridized carbons (Fsp3) is 0.387. The average Bonchev–Trinajstić information content (AvgIpc) is 3.64. The molecule has 4 heteroatoms. The molecule has 2 aliphatic heterocycles. The van der Waals surface area contributed by atoms with E-state index in [-0.39, 0.29) is 39.2 Å². The molecule has 0 radical (unpaired) electrons. The van der Waals surface area contributed by atoms with E-state index in [1.54, 1.807) is 0 Å². The van der Waals surface area contributed by atoms with Gasteiger partial charge < -0.3 is 9.32 Å². The van der Waals surface area contributed by atoms with Gasteiger partial charge in [-0.3, -0.25) is 4.90 Å². The molecule has 6 aromatic carbocycles. The van der Waals surface area contributed by atoms with Crippen LogP contribution in [0.4, 0.5) is 34.3 Å². The fourth-order valence-electron chi connectivity index (χ4n) is 12.2. The number of hydrogen-bond acceptors (Lipinski definition) is 3. The van der Waals surface area contributed by atoms with E-state index in [0.717, 1.165) is 36.4 Å². The lowest BCUT2D eigenvalue weighted by atomic mass is 9.33. The van der Waals surface area contributed by atoms with Crippen molar-refractivity contribution < 1.29 is 4.42 Å². The van der Waals surface area contributed by atoms with Gasteiger partial charge in [0.05, 0.1) is 0 Å². The normalized spacial score (nSPS) is 18.6. The van der Waals surface area contributed by atoms with E-state index < -0.39 is 0 Å². The minimum Gasteiger partial charge on any atom is -0.440 e. The second-order valence-corrected chi connectivity index (χ2v) is 25.2. The molecule has 7 aromatic rings. The first-order valence-corrected chi connectivity index (χ1v) is 24.8. The van der Waals surface area contributed by atoms with E-state index >= 15 is 0 Å². The number of furan rings is 1. The zero-order valence-corrected chi connectivity index (χ0v) is 42.2. The van der Waals surface area contributed by atoms with Crippen molar-refractivity contribution in [3.8, 4) is 11.1 Å². The van der Waals surface area contributed by atoms with Crippen LogP contribution in [0.1, 0.15) is 156 Å². The van der Waals surface area contributed by atoms with Gasteiger partial charge in [0.15, 0.2) is 0 Å². The molecule has 0 bridgehead atoms. The van der Waals surface area contributed by atoms with Crippen LogP contribution in [0.2, 0.25) is 0 Å². The molecule has 0 saturated carbocycles. The van der Waals surface area contributed by atoms with Crippen molar-refractivity contribution in [2.45, 2.75) is 155 Å². The van der Waals surface area contributed by atoms with E-state index in [1.165, 1.54) is 95.5 Å². The molecule has 0 saturated heterocycles. The summed E-state index contributed by atoms with van der Waals surface area (Å²) in [5.41, 5.74) is 22.0. The van der Waals surface area contributed by atoms with E-state index in [4.69, 9.17) is 4.42 Å². The largest absolute Gasteiger partial charge is 0.440 e. The Hall–Kier alpha value is -5.48. The van der Waals surface area contributed by atoms with Crippen LogP contribution >= 0.6 is 0 Å². The molecule has 3 nitrogen and oxygen atoms in total. The number of fused-ring (bicyclic) bond motifs is 8. The predicted molar refractivity (Wildman–Crippen MR) is 284 cm³/mol. The minimum atomic E-state index is -0.0690. The van der Waals surface area contributed by atoms with Crippen LogP contribution in [0.25, 0.3) is 22.1 Å². The smallest absolute Gasteiger partial charge is 0.257 e. The maximum absolute atomic E-state index is 7.60. The lowest BCUT2D eigenvalue weighted by Gasteiger charge is -2.45. The predicted octanol–water partition coefficient (Wildman–Crippen LogP) is 15.5. The van der Waals surface area contributed by atoms with Gasteiger partial charge in [0.2, 0.25) is 5.88 Å². The van der Waals surface area contributed by atoms with Crippen molar-refractivity contribution in [3.05, 3.63) is 149 Å². The van der Waals surface area contributed by atoms with Crippen LogP contribution < -0.4 is 26.2 Å². The summed E-state index contributed by atoms with van der Waals surface area (Å²) in [5.74, 6) is 0.944.